The Hall–Kier alpha value is -2.34. The van der Waals surface area contributed by atoms with Crippen molar-refractivity contribution < 1.29 is 17.9 Å². The topological polar surface area (TPSA) is 72.5 Å². The number of carbonyl (C=O) groups is 1. The van der Waals surface area contributed by atoms with Gasteiger partial charge in [0.1, 0.15) is 5.75 Å². The maximum absolute atomic E-state index is 12.0. The lowest BCUT2D eigenvalue weighted by Crippen LogP contribution is -2.30. The zero-order valence-electron chi connectivity index (χ0n) is 10.7. The highest BCUT2D eigenvalue weighted by Gasteiger charge is 2.18. The molecule has 1 amide bonds. The van der Waals surface area contributed by atoms with Gasteiger partial charge < -0.3 is 4.74 Å². The van der Waals surface area contributed by atoms with Crippen LogP contribution in [0.15, 0.2) is 59.5 Å². The van der Waals surface area contributed by atoms with Gasteiger partial charge in [-0.2, -0.15) is 0 Å². The number of hydrogen-bond acceptors (Lipinski definition) is 4. The van der Waals surface area contributed by atoms with Crippen LogP contribution in [0.3, 0.4) is 0 Å². The molecule has 0 saturated carbocycles. The van der Waals surface area contributed by atoms with Gasteiger partial charge in [0.05, 0.1) is 12.0 Å². The molecule has 0 aliphatic heterocycles. The molecule has 0 aromatic heterocycles. The van der Waals surface area contributed by atoms with Crippen molar-refractivity contribution >= 4 is 15.9 Å². The van der Waals surface area contributed by atoms with Crippen LogP contribution in [0.4, 0.5) is 0 Å². The fourth-order valence-electron chi connectivity index (χ4n) is 1.58. The van der Waals surface area contributed by atoms with Crippen molar-refractivity contribution in [1.82, 2.24) is 4.72 Å². The van der Waals surface area contributed by atoms with E-state index in [1.54, 1.807) is 30.3 Å². The molecule has 0 fully saturated rings. The Morgan fingerprint density at radius 1 is 1.00 bits per heavy atom. The predicted molar refractivity (Wildman–Crippen MR) is 74.1 cm³/mol. The minimum absolute atomic E-state index is 0.00239. The maximum Gasteiger partial charge on any atom is 0.264 e. The van der Waals surface area contributed by atoms with Crippen molar-refractivity contribution in [1.29, 1.82) is 0 Å². The molecule has 0 heterocycles. The molecule has 0 radical (unpaired) electrons. The zero-order valence-corrected chi connectivity index (χ0v) is 11.6. The molecular formula is C14H13NO4S. The molecule has 0 aliphatic rings. The Morgan fingerprint density at radius 2 is 1.60 bits per heavy atom. The van der Waals surface area contributed by atoms with Crippen molar-refractivity contribution in [2.75, 3.05) is 7.11 Å². The third-order valence-corrected chi connectivity index (χ3v) is 3.98. The number of ether oxygens (including phenoxy) is 1. The first kappa shape index (κ1) is 14.1. The Bertz CT molecular complexity index is 694. The fourth-order valence-corrected chi connectivity index (χ4v) is 2.56. The van der Waals surface area contributed by atoms with E-state index in [0.29, 0.717) is 5.75 Å². The number of amides is 1. The van der Waals surface area contributed by atoms with Gasteiger partial charge in [0, 0.05) is 5.56 Å². The summed E-state index contributed by atoms with van der Waals surface area (Å²) in [6.45, 7) is 0. The van der Waals surface area contributed by atoms with Gasteiger partial charge in [0.25, 0.3) is 15.9 Å². The van der Waals surface area contributed by atoms with Gasteiger partial charge in [-0.1, -0.05) is 18.2 Å². The predicted octanol–water partition coefficient (Wildman–Crippen LogP) is 1.81. The van der Waals surface area contributed by atoms with Crippen LogP contribution in [-0.2, 0) is 10.0 Å². The number of sulfonamides is 1. The lowest BCUT2D eigenvalue weighted by atomic mass is 10.2. The Labute approximate surface area is 117 Å². The van der Waals surface area contributed by atoms with E-state index in [1.807, 2.05) is 4.72 Å². The summed E-state index contributed by atoms with van der Waals surface area (Å²) in [6.07, 6.45) is 0. The molecule has 6 heteroatoms. The van der Waals surface area contributed by atoms with Crippen LogP contribution in [0.2, 0.25) is 0 Å². The summed E-state index contributed by atoms with van der Waals surface area (Å²) in [6, 6.07) is 13.9. The molecule has 2 rings (SSSR count). The van der Waals surface area contributed by atoms with Crippen molar-refractivity contribution in [3.05, 3.63) is 60.2 Å². The third-order valence-electron chi connectivity index (χ3n) is 2.63. The quantitative estimate of drug-likeness (QED) is 0.932. The molecule has 20 heavy (non-hydrogen) atoms. The van der Waals surface area contributed by atoms with Gasteiger partial charge in [0.2, 0.25) is 0 Å². The SMILES string of the molecule is COc1ccc(S(=O)(=O)NC(=O)c2ccccc2)cc1. The lowest BCUT2D eigenvalue weighted by Gasteiger charge is -2.07. The normalized spacial score (nSPS) is 10.8. The molecule has 0 unspecified atom stereocenters. The smallest absolute Gasteiger partial charge is 0.264 e. The van der Waals surface area contributed by atoms with Crippen LogP contribution < -0.4 is 9.46 Å². The van der Waals surface area contributed by atoms with E-state index >= 15 is 0 Å². The third kappa shape index (κ3) is 3.16. The number of hydrogen-bond donors (Lipinski definition) is 1. The Balaban J connectivity index is 2.20. The van der Waals surface area contributed by atoms with Crippen LogP contribution in [0.1, 0.15) is 10.4 Å². The van der Waals surface area contributed by atoms with Crippen LogP contribution in [-0.4, -0.2) is 21.4 Å². The summed E-state index contributed by atoms with van der Waals surface area (Å²) in [5.41, 5.74) is 0.282. The van der Waals surface area contributed by atoms with E-state index < -0.39 is 15.9 Å². The van der Waals surface area contributed by atoms with E-state index in [2.05, 4.69) is 0 Å². The number of benzene rings is 2. The second-order valence-corrected chi connectivity index (χ2v) is 5.66. The minimum atomic E-state index is -3.89. The highest BCUT2D eigenvalue weighted by Crippen LogP contribution is 2.15. The van der Waals surface area contributed by atoms with Gasteiger partial charge in [-0.05, 0) is 36.4 Å². The summed E-state index contributed by atoms with van der Waals surface area (Å²) < 4.78 is 31.1. The Kier molecular flexibility index (Phi) is 4.05. The number of carbonyl (C=O) groups excluding carboxylic acids is 1. The van der Waals surface area contributed by atoms with Gasteiger partial charge in [-0.15, -0.1) is 0 Å². The molecule has 0 atom stereocenters. The Morgan fingerprint density at radius 3 is 2.15 bits per heavy atom. The maximum atomic E-state index is 12.0. The second-order valence-electron chi connectivity index (χ2n) is 3.98. The lowest BCUT2D eigenvalue weighted by molar-refractivity contribution is 0.0981. The minimum Gasteiger partial charge on any atom is -0.497 e. The highest BCUT2D eigenvalue weighted by molar-refractivity contribution is 7.90. The standard InChI is InChI=1S/C14H13NO4S/c1-19-12-7-9-13(10-8-12)20(17,18)15-14(16)11-5-3-2-4-6-11/h2-10H,1H3,(H,15,16). The molecule has 5 nitrogen and oxygen atoms in total. The average Bonchev–Trinajstić information content (AvgIpc) is 2.48. The van der Waals surface area contributed by atoms with Gasteiger partial charge in [0.15, 0.2) is 0 Å². The first-order valence-corrected chi connectivity index (χ1v) is 7.27. The average molecular weight is 291 g/mol. The number of methoxy groups -OCH3 is 1. The van der Waals surface area contributed by atoms with Crippen molar-refractivity contribution in [2.24, 2.45) is 0 Å². The largest absolute Gasteiger partial charge is 0.497 e. The highest BCUT2D eigenvalue weighted by atomic mass is 32.2. The fraction of sp³-hybridized carbons (Fsp3) is 0.0714. The monoisotopic (exact) mass is 291 g/mol. The number of nitrogens with one attached hydrogen (secondary N) is 1. The molecular weight excluding hydrogens is 278 g/mol. The summed E-state index contributed by atoms with van der Waals surface area (Å²) in [7, 11) is -2.40. The van der Waals surface area contributed by atoms with E-state index in [9.17, 15) is 13.2 Å². The van der Waals surface area contributed by atoms with Crippen LogP contribution in [0.5, 0.6) is 5.75 Å². The van der Waals surface area contributed by atoms with Crippen LogP contribution >= 0.6 is 0 Å². The van der Waals surface area contributed by atoms with E-state index in [4.69, 9.17) is 4.74 Å². The van der Waals surface area contributed by atoms with Crippen LogP contribution in [0.25, 0.3) is 0 Å². The van der Waals surface area contributed by atoms with Crippen molar-refractivity contribution in [3.8, 4) is 5.75 Å². The molecule has 0 saturated heterocycles. The molecule has 2 aromatic rings. The first-order valence-electron chi connectivity index (χ1n) is 5.79. The van der Waals surface area contributed by atoms with Crippen LogP contribution in [0, 0.1) is 0 Å². The molecule has 2 aromatic carbocycles. The van der Waals surface area contributed by atoms with Gasteiger partial charge in [-0.25, -0.2) is 13.1 Å². The van der Waals surface area contributed by atoms with E-state index in [-0.39, 0.29) is 10.5 Å². The summed E-state index contributed by atoms with van der Waals surface area (Å²) in [4.78, 5) is 11.8. The van der Waals surface area contributed by atoms with E-state index in [0.717, 1.165) is 0 Å². The summed E-state index contributed by atoms with van der Waals surface area (Å²) in [5.74, 6) is -0.125. The molecule has 0 aliphatic carbocycles. The zero-order chi connectivity index (χ0) is 14.6. The van der Waals surface area contributed by atoms with Gasteiger partial charge in [-0.3, -0.25) is 4.79 Å². The molecule has 0 spiro atoms. The van der Waals surface area contributed by atoms with E-state index in [1.165, 1.54) is 31.4 Å². The number of rotatable bonds is 4. The van der Waals surface area contributed by atoms with Crippen molar-refractivity contribution in [2.45, 2.75) is 4.90 Å². The molecule has 104 valence electrons. The van der Waals surface area contributed by atoms with Gasteiger partial charge >= 0.3 is 0 Å². The summed E-state index contributed by atoms with van der Waals surface area (Å²) >= 11 is 0. The molecule has 1 N–H and O–H groups in total. The first-order chi connectivity index (χ1) is 9.53. The second kappa shape index (κ2) is 5.75. The summed E-state index contributed by atoms with van der Waals surface area (Å²) in [5, 5.41) is 0. The van der Waals surface area contributed by atoms with Crippen molar-refractivity contribution in [3.63, 3.8) is 0 Å². The molecule has 0 bridgehead atoms.